The Balaban J connectivity index is 1.31. The molecule has 3 heterocycles. The van der Waals surface area contributed by atoms with Crippen LogP contribution in [0.3, 0.4) is 0 Å². The predicted octanol–water partition coefficient (Wildman–Crippen LogP) is 5.03. The summed E-state index contributed by atoms with van der Waals surface area (Å²) in [6.45, 7) is 7.97. The molecule has 3 amide bonds. The quantitative estimate of drug-likeness (QED) is 0.180. The molecule has 300 valence electrons. The molecule has 3 aromatic rings. The highest BCUT2D eigenvalue weighted by Crippen LogP contribution is 2.36. The van der Waals surface area contributed by atoms with Crippen molar-refractivity contribution in [1.29, 1.82) is 0 Å². The fraction of sp³-hybridized carbons (Fsp3) is 0.610. The minimum absolute atomic E-state index is 0.0255. The topological polar surface area (TPSA) is 152 Å². The van der Waals surface area contributed by atoms with Gasteiger partial charge in [0.25, 0.3) is 5.91 Å². The maximum absolute atomic E-state index is 14.1. The molecule has 14 heteroatoms. The lowest BCUT2D eigenvalue weighted by atomic mass is 9.95. The molecule has 6 atom stereocenters. The number of hydrogen-bond acceptors (Lipinski definition) is 10. The van der Waals surface area contributed by atoms with Crippen molar-refractivity contribution in [1.82, 2.24) is 30.0 Å². The van der Waals surface area contributed by atoms with Gasteiger partial charge in [0, 0.05) is 56.6 Å². The van der Waals surface area contributed by atoms with E-state index in [2.05, 4.69) is 26.6 Å². The number of benzene rings is 1. The molecule has 1 aliphatic carbocycles. The molecule has 2 fully saturated rings. The van der Waals surface area contributed by atoms with Gasteiger partial charge >= 0.3 is 11.9 Å². The van der Waals surface area contributed by atoms with Gasteiger partial charge in [-0.1, -0.05) is 33.3 Å². The monoisotopic (exact) mass is 778 g/mol. The number of aryl methyl sites for hydroxylation is 1. The molecule has 1 saturated heterocycles. The first-order chi connectivity index (χ1) is 26.2. The number of rotatable bonds is 17. The third-order valence-corrected chi connectivity index (χ3v) is 12.1. The van der Waals surface area contributed by atoms with E-state index in [4.69, 9.17) is 9.47 Å². The SMILES string of the molecule is COC(=O)[C@@H](C)C[C@H](Cc1ccc2c(ccn2C)c1)NC(=O)c1csc([C@@H](C[C@H](C(C)C)N(C)C(=O)[C@@H](NC(=O)[C@H]2CCCCN2C)C2CC2)OC(C)=O)n1. The molecular formula is C41H58N6O7S. The minimum atomic E-state index is -0.815. The predicted molar refractivity (Wildman–Crippen MR) is 211 cm³/mol. The van der Waals surface area contributed by atoms with Crippen LogP contribution in [0, 0.1) is 17.8 Å². The number of hydrogen-bond donors (Lipinski definition) is 2. The highest BCUT2D eigenvalue weighted by atomic mass is 32.1. The van der Waals surface area contributed by atoms with Crippen LogP contribution in [0.2, 0.25) is 0 Å². The van der Waals surface area contributed by atoms with Crippen molar-refractivity contribution in [3.8, 4) is 0 Å². The van der Waals surface area contributed by atoms with Gasteiger partial charge < -0.3 is 29.6 Å². The minimum Gasteiger partial charge on any atom is -0.469 e. The van der Waals surface area contributed by atoms with Crippen LogP contribution >= 0.6 is 11.3 Å². The highest BCUT2D eigenvalue weighted by Gasteiger charge is 2.42. The summed E-state index contributed by atoms with van der Waals surface area (Å²) in [4.78, 5) is 74.5. The van der Waals surface area contributed by atoms with E-state index >= 15 is 0 Å². The number of thiazole rings is 1. The zero-order chi connectivity index (χ0) is 40.0. The number of carbonyl (C=O) groups excluding carboxylic acids is 5. The second-order valence-electron chi connectivity index (χ2n) is 15.8. The molecule has 2 aromatic heterocycles. The summed E-state index contributed by atoms with van der Waals surface area (Å²) in [6, 6.07) is 6.56. The van der Waals surface area contributed by atoms with Gasteiger partial charge in [-0.05, 0) is 93.1 Å². The average Bonchev–Trinajstić information content (AvgIpc) is 3.75. The number of likely N-dealkylation sites (N-methyl/N-ethyl adjacent to an activating group) is 2. The van der Waals surface area contributed by atoms with E-state index in [1.807, 2.05) is 56.9 Å². The lowest BCUT2D eigenvalue weighted by Gasteiger charge is -2.37. The van der Waals surface area contributed by atoms with Crippen LogP contribution < -0.4 is 10.6 Å². The zero-order valence-corrected chi connectivity index (χ0v) is 34.3. The Labute approximate surface area is 328 Å². The summed E-state index contributed by atoms with van der Waals surface area (Å²) in [5, 5.41) is 9.36. The van der Waals surface area contributed by atoms with Gasteiger partial charge in [-0.15, -0.1) is 11.3 Å². The number of nitrogens with zero attached hydrogens (tertiary/aromatic N) is 4. The second kappa shape index (κ2) is 18.6. The number of carbonyl (C=O) groups is 5. The zero-order valence-electron chi connectivity index (χ0n) is 33.5. The Kier molecular flexibility index (Phi) is 14.1. The lowest BCUT2D eigenvalue weighted by Crippen LogP contribution is -2.56. The maximum Gasteiger partial charge on any atom is 0.308 e. The molecule has 1 saturated carbocycles. The molecule has 2 aliphatic rings. The summed E-state index contributed by atoms with van der Waals surface area (Å²) >= 11 is 1.21. The fourth-order valence-electron chi connectivity index (χ4n) is 7.81. The van der Waals surface area contributed by atoms with Crippen molar-refractivity contribution >= 4 is 51.9 Å². The van der Waals surface area contributed by atoms with E-state index in [1.54, 1.807) is 24.3 Å². The standard InChI is InChI=1S/C41H58N6O7S/c1-24(2)34(47(7)40(51)36(28-13-14-28)44-38(50)33-11-9-10-17-45(33)5)22-35(54-26(4)48)39-43-31(23-55-39)37(49)42-30(19-25(3)41(52)53-8)21-27-12-15-32-29(20-27)16-18-46(32)6/h12,15-16,18,20,23-25,28,30,33-36H,9-11,13-14,17,19,21-22H2,1-8H3,(H,42,49)(H,44,50)/t25-,30+,33+,34+,35+,36-/m0/s1. The largest absolute Gasteiger partial charge is 0.469 e. The highest BCUT2D eigenvalue weighted by molar-refractivity contribution is 7.09. The van der Waals surface area contributed by atoms with Gasteiger partial charge in [-0.2, -0.15) is 0 Å². The number of nitrogens with one attached hydrogen (secondary N) is 2. The van der Waals surface area contributed by atoms with E-state index in [0.29, 0.717) is 17.8 Å². The number of fused-ring (bicyclic) bond motifs is 1. The van der Waals surface area contributed by atoms with Gasteiger partial charge in [-0.3, -0.25) is 28.9 Å². The van der Waals surface area contributed by atoms with Crippen LogP contribution in [0.4, 0.5) is 0 Å². The first-order valence-corrected chi connectivity index (χ1v) is 20.4. The van der Waals surface area contributed by atoms with Gasteiger partial charge in [0.15, 0.2) is 6.10 Å². The third-order valence-electron chi connectivity index (χ3n) is 11.1. The molecule has 13 nitrogen and oxygen atoms in total. The van der Waals surface area contributed by atoms with Gasteiger partial charge in [0.1, 0.15) is 16.7 Å². The normalized spacial score (nSPS) is 18.9. The second-order valence-corrected chi connectivity index (χ2v) is 16.7. The lowest BCUT2D eigenvalue weighted by molar-refractivity contribution is -0.149. The maximum atomic E-state index is 14.1. The van der Waals surface area contributed by atoms with Crippen LogP contribution in [0.5, 0.6) is 0 Å². The molecule has 0 radical (unpaired) electrons. The fourth-order valence-corrected chi connectivity index (χ4v) is 8.64. The van der Waals surface area contributed by atoms with Crippen molar-refractivity contribution in [2.24, 2.45) is 24.8 Å². The Morgan fingerprint density at radius 2 is 1.76 bits per heavy atom. The number of esters is 2. The van der Waals surface area contributed by atoms with Crippen molar-refractivity contribution in [3.05, 3.63) is 52.1 Å². The van der Waals surface area contributed by atoms with E-state index in [9.17, 15) is 24.0 Å². The van der Waals surface area contributed by atoms with Crippen molar-refractivity contribution in [3.63, 3.8) is 0 Å². The first-order valence-electron chi connectivity index (χ1n) is 19.5. The van der Waals surface area contributed by atoms with Gasteiger partial charge in [-0.25, -0.2) is 4.98 Å². The number of aromatic nitrogens is 2. The molecule has 1 aromatic carbocycles. The molecule has 0 unspecified atom stereocenters. The number of amides is 3. The Bertz CT molecular complexity index is 1840. The summed E-state index contributed by atoms with van der Waals surface area (Å²) in [6.07, 6.45) is 6.85. The Hall–Kier alpha value is -4.30. The number of methoxy groups -OCH3 is 1. The number of ether oxygens (including phenoxy) is 2. The number of likely N-dealkylation sites (tertiary alicyclic amines) is 1. The van der Waals surface area contributed by atoms with E-state index < -0.39 is 36.0 Å². The van der Waals surface area contributed by atoms with Crippen LogP contribution in [-0.2, 0) is 42.1 Å². The first kappa shape index (κ1) is 41.9. The summed E-state index contributed by atoms with van der Waals surface area (Å²) < 4.78 is 12.8. The van der Waals surface area contributed by atoms with Crippen LogP contribution in [0.1, 0.15) is 99.8 Å². The third kappa shape index (κ3) is 10.7. The molecule has 2 N–H and O–H groups in total. The van der Waals surface area contributed by atoms with E-state index in [0.717, 1.165) is 55.1 Å². The Morgan fingerprint density at radius 1 is 1.02 bits per heavy atom. The van der Waals surface area contributed by atoms with Gasteiger partial charge in [0.2, 0.25) is 11.8 Å². The molecule has 0 spiro atoms. The summed E-state index contributed by atoms with van der Waals surface area (Å²) in [5.41, 5.74) is 2.27. The van der Waals surface area contributed by atoms with Crippen molar-refractivity contribution < 1.29 is 33.4 Å². The summed E-state index contributed by atoms with van der Waals surface area (Å²) in [5.74, 6) is -1.93. The molecule has 1 aliphatic heterocycles. The smallest absolute Gasteiger partial charge is 0.308 e. The average molecular weight is 779 g/mol. The molecule has 55 heavy (non-hydrogen) atoms. The van der Waals surface area contributed by atoms with E-state index in [1.165, 1.54) is 25.4 Å². The van der Waals surface area contributed by atoms with E-state index in [-0.39, 0.29) is 53.8 Å². The van der Waals surface area contributed by atoms with Gasteiger partial charge in [0.05, 0.1) is 19.1 Å². The van der Waals surface area contributed by atoms with Crippen molar-refractivity contribution in [2.45, 2.75) is 109 Å². The van der Waals surface area contributed by atoms with Crippen molar-refractivity contribution in [2.75, 3.05) is 27.7 Å². The summed E-state index contributed by atoms with van der Waals surface area (Å²) in [7, 11) is 7.04. The van der Waals surface area contributed by atoms with Crippen LogP contribution in [0.25, 0.3) is 10.9 Å². The number of piperidine rings is 1. The Morgan fingerprint density at radius 3 is 2.42 bits per heavy atom. The molecule has 5 rings (SSSR count). The van der Waals surface area contributed by atoms with Crippen LogP contribution in [0.15, 0.2) is 35.8 Å². The van der Waals surface area contributed by atoms with Crippen LogP contribution in [-0.4, -0.2) is 101 Å². The molecule has 0 bridgehead atoms. The molecular weight excluding hydrogens is 721 g/mol.